The van der Waals surface area contributed by atoms with Gasteiger partial charge in [0.25, 0.3) is 0 Å². The van der Waals surface area contributed by atoms with Crippen molar-refractivity contribution in [2.24, 2.45) is 5.92 Å². The second-order valence-electron chi connectivity index (χ2n) is 4.16. The van der Waals surface area contributed by atoms with Gasteiger partial charge in [0.15, 0.2) is 0 Å². The Morgan fingerprint density at radius 1 is 1.13 bits per heavy atom. The average molecular weight is 245 g/mol. The molecule has 0 spiro atoms. The quantitative estimate of drug-likeness (QED) is 0.827. The van der Waals surface area contributed by atoms with Crippen molar-refractivity contribution in [1.82, 2.24) is 0 Å². The van der Waals surface area contributed by atoms with Crippen LogP contribution in [-0.2, 0) is 0 Å². The fraction of sp³-hybridized carbons (Fsp3) is 0.500. The summed E-state index contributed by atoms with van der Waals surface area (Å²) in [5.41, 5.74) is 0.885. The highest BCUT2D eigenvalue weighted by molar-refractivity contribution is 6.42. The summed E-state index contributed by atoms with van der Waals surface area (Å²) in [4.78, 5) is 0. The van der Waals surface area contributed by atoms with Gasteiger partial charge in [-0.3, -0.25) is 0 Å². The molecule has 1 nitrogen and oxygen atoms in total. The molecule has 1 atom stereocenters. The molecule has 0 saturated heterocycles. The van der Waals surface area contributed by atoms with Gasteiger partial charge in [-0.1, -0.05) is 42.1 Å². The lowest BCUT2D eigenvalue weighted by Gasteiger charge is -2.18. The van der Waals surface area contributed by atoms with Gasteiger partial charge in [0.05, 0.1) is 16.1 Å². The summed E-state index contributed by atoms with van der Waals surface area (Å²) in [7, 11) is 0. The van der Waals surface area contributed by atoms with Crippen molar-refractivity contribution < 1.29 is 5.11 Å². The highest BCUT2D eigenvalue weighted by atomic mass is 35.5. The van der Waals surface area contributed by atoms with Gasteiger partial charge in [-0.25, -0.2) is 0 Å². The van der Waals surface area contributed by atoms with Crippen LogP contribution in [0.2, 0.25) is 10.0 Å². The monoisotopic (exact) mass is 244 g/mol. The summed E-state index contributed by atoms with van der Waals surface area (Å²) in [5.74, 6) is 0.391. The summed E-state index contributed by atoms with van der Waals surface area (Å²) < 4.78 is 0. The van der Waals surface area contributed by atoms with E-state index in [2.05, 4.69) is 0 Å². The smallest absolute Gasteiger partial charge is 0.0818 e. The molecule has 1 unspecified atom stereocenters. The van der Waals surface area contributed by atoms with Crippen molar-refractivity contribution in [2.45, 2.75) is 31.8 Å². The molecule has 15 heavy (non-hydrogen) atoms. The van der Waals surface area contributed by atoms with Crippen molar-refractivity contribution >= 4 is 23.2 Å². The molecule has 2 rings (SSSR count). The van der Waals surface area contributed by atoms with E-state index < -0.39 is 0 Å². The Balaban J connectivity index is 2.17. The fourth-order valence-corrected chi connectivity index (χ4v) is 2.55. The third-order valence-electron chi connectivity index (χ3n) is 3.13. The van der Waals surface area contributed by atoms with Crippen molar-refractivity contribution in [3.8, 4) is 0 Å². The van der Waals surface area contributed by atoms with Gasteiger partial charge in [-0.2, -0.15) is 0 Å². The molecule has 3 heteroatoms. The van der Waals surface area contributed by atoms with Gasteiger partial charge < -0.3 is 5.11 Å². The van der Waals surface area contributed by atoms with E-state index in [9.17, 15) is 5.11 Å². The predicted molar refractivity (Wildman–Crippen MR) is 63.4 cm³/mol. The Bertz CT molecular complexity index is 345. The fourth-order valence-electron chi connectivity index (χ4n) is 2.24. The van der Waals surface area contributed by atoms with E-state index in [4.69, 9.17) is 23.2 Å². The molecule has 1 fully saturated rings. The number of hydrogen-bond donors (Lipinski definition) is 1. The van der Waals surface area contributed by atoms with Crippen LogP contribution in [0.3, 0.4) is 0 Å². The van der Waals surface area contributed by atoms with Gasteiger partial charge in [-0.15, -0.1) is 0 Å². The second kappa shape index (κ2) is 4.73. The Kier molecular flexibility index (Phi) is 3.55. The Morgan fingerprint density at radius 2 is 1.80 bits per heavy atom. The average Bonchev–Trinajstić information content (AvgIpc) is 2.74. The largest absolute Gasteiger partial charge is 0.388 e. The Hall–Kier alpha value is -0.240. The van der Waals surface area contributed by atoms with Crippen molar-refractivity contribution in [1.29, 1.82) is 0 Å². The minimum Gasteiger partial charge on any atom is -0.388 e. The molecule has 0 amide bonds. The molecule has 1 N–H and O–H groups in total. The topological polar surface area (TPSA) is 20.2 Å². The molecule has 1 aromatic carbocycles. The standard InChI is InChI=1S/C12H14Cl2O/c13-10-6-5-9(7-11(10)14)12(15)8-3-1-2-4-8/h5-8,12,15H,1-4H2. The predicted octanol–water partition coefficient (Wildman–Crippen LogP) is 4.22. The summed E-state index contributed by atoms with van der Waals surface area (Å²) >= 11 is 11.8. The van der Waals surface area contributed by atoms with Crippen LogP contribution >= 0.6 is 23.2 Å². The maximum Gasteiger partial charge on any atom is 0.0818 e. The number of hydrogen-bond acceptors (Lipinski definition) is 1. The molecule has 1 aliphatic carbocycles. The summed E-state index contributed by atoms with van der Waals surface area (Å²) in [6.07, 6.45) is 4.29. The van der Waals surface area contributed by atoms with Crippen LogP contribution in [0.4, 0.5) is 0 Å². The van der Waals surface area contributed by atoms with Crippen molar-refractivity contribution in [2.75, 3.05) is 0 Å². The molecule has 1 saturated carbocycles. The van der Waals surface area contributed by atoms with Crippen LogP contribution in [0.5, 0.6) is 0 Å². The van der Waals surface area contributed by atoms with Crippen molar-refractivity contribution in [3.05, 3.63) is 33.8 Å². The lowest BCUT2D eigenvalue weighted by molar-refractivity contribution is 0.111. The van der Waals surface area contributed by atoms with E-state index in [1.54, 1.807) is 12.1 Å². The first-order valence-corrected chi connectivity index (χ1v) is 6.07. The molecule has 0 aromatic heterocycles. The summed E-state index contributed by atoms with van der Waals surface area (Å²) in [5, 5.41) is 11.2. The number of rotatable bonds is 2. The third kappa shape index (κ3) is 2.47. The van der Waals surface area contributed by atoms with E-state index in [-0.39, 0.29) is 6.10 Å². The maximum atomic E-state index is 10.1. The van der Waals surface area contributed by atoms with Gasteiger partial charge in [0.1, 0.15) is 0 Å². The summed E-state index contributed by atoms with van der Waals surface area (Å²) in [6.45, 7) is 0. The molecule has 0 bridgehead atoms. The first-order valence-electron chi connectivity index (χ1n) is 5.31. The highest BCUT2D eigenvalue weighted by Crippen LogP contribution is 2.37. The minimum absolute atomic E-state index is 0.387. The van der Waals surface area contributed by atoms with E-state index in [1.807, 2.05) is 6.07 Å². The first-order chi connectivity index (χ1) is 7.18. The molecular weight excluding hydrogens is 231 g/mol. The zero-order valence-electron chi connectivity index (χ0n) is 8.42. The Morgan fingerprint density at radius 3 is 2.40 bits per heavy atom. The number of aliphatic hydroxyl groups excluding tert-OH is 1. The lowest BCUT2D eigenvalue weighted by Crippen LogP contribution is -2.08. The SMILES string of the molecule is OC(c1ccc(Cl)c(Cl)c1)C1CCCC1. The highest BCUT2D eigenvalue weighted by Gasteiger charge is 2.24. The molecule has 1 aromatic rings. The molecule has 82 valence electrons. The van der Waals surface area contributed by atoms with E-state index >= 15 is 0 Å². The summed E-state index contributed by atoms with van der Waals surface area (Å²) in [6, 6.07) is 5.38. The number of aliphatic hydroxyl groups is 1. The van der Waals surface area contributed by atoms with Gasteiger partial charge in [0, 0.05) is 0 Å². The van der Waals surface area contributed by atoms with Crippen LogP contribution in [0.1, 0.15) is 37.4 Å². The molecule has 0 heterocycles. The zero-order chi connectivity index (χ0) is 10.8. The normalized spacial score (nSPS) is 19.4. The van der Waals surface area contributed by atoms with Crippen molar-refractivity contribution in [3.63, 3.8) is 0 Å². The van der Waals surface area contributed by atoms with E-state index in [0.717, 1.165) is 18.4 Å². The van der Waals surface area contributed by atoms with Gasteiger partial charge >= 0.3 is 0 Å². The molecule has 0 radical (unpaired) electrons. The Labute approximate surface area is 100 Å². The van der Waals surface area contributed by atoms with Crippen LogP contribution in [0.15, 0.2) is 18.2 Å². The van der Waals surface area contributed by atoms with Crippen LogP contribution in [0, 0.1) is 5.92 Å². The van der Waals surface area contributed by atoms with Gasteiger partial charge in [-0.05, 0) is 36.5 Å². The van der Waals surface area contributed by atoms with Crippen LogP contribution in [0.25, 0.3) is 0 Å². The number of halogens is 2. The van der Waals surface area contributed by atoms with Crippen LogP contribution in [-0.4, -0.2) is 5.11 Å². The molecule has 1 aliphatic rings. The van der Waals surface area contributed by atoms with E-state index in [0.29, 0.717) is 16.0 Å². The van der Waals surface area contributed by atoms with Gasteiger partial charge in [0.2, 0.25) is 0 Å². The first kappa shape index (κ1) is 11.3. The third-order valence-corrected chi connectivity index (χ3v) is 3.87. The molecule has 0 aliphatic heterocycles. The second-order valence-corrected chi connectivity index (χ2v) is 4.98. The van der Waals surface area contributed by atoms with E-state index in [1.165, 1.54) is 12.8 Å². The zero-order valence-corrected chi connectivity index (χ0v) is 9.93. The minimum atomic E-state index is -0.387. The lowest BCUT2D eigenvalue weighted by atomic mass is 9.94. The number of benzene rings is 1. The molecular formula is C12H14Cl2O. The van der Waals surface area contributed by atoms with Crippen LogP contribution < -0.4 is 0 Å². The maximum absolute atomic E-state index is 10.1.